The number of nitrogens with zero attached hydrogens (tertiary/aromatic N) is 4. The number of pyridine rings is 2. The SMILES string of the molecule is Clc1cccc(N2CCN(CCc3ccc4ccncc4c3)CC2)n1. The van der Waals surface area contributed by atoms with Gasteiger partial charge in [0.15, 0.2) is 0 Å². The third-order valence-corrected chi connectivity index (χ3v) is 5.03. The fourth-order valence-electron chi connectivity index (χ4n) is 3.35. The molecule has 0 unspecified atom stereocenters. The highest BCUT2D eigenvalue weighted by Gasteiger charge is 2.17. The van der Waals surface area contributed by atoms with Crippen molar-refractivity contribution in [3.8, 4) is 0 Å². The van der Waals surface area contributed by atoms with Gasteiger partial charge in [0, 0.05) is 50.5 Å². The molecule has 1 saturated heterocycles. The maximum Gasteiger partial charge on any atom is 0.131 e. The van der Waals surface area contributed by atoms with Gasteiger partial charge >= 0.3 is 0 Å². The predicted octanol–water partition coefficient (Wildman–Crippen LogP) is 3.65. The van der Waals surface area contributed by atoms with Gasteiger partial charge in [0.05, 0.1) is 0 Å². The lowest BCUT2D eigenvalue weighted by atomic mass is 10.1. The Balaban J connectivity index is 1.32. The first kappa shape index (κ1) is 16.3. The fraction of sp³-hybridized carbons (Fsp3) is 0.300. The molecule has 1 fully saturated rings. The van der Waals surface area contributed by atoms with E-state index in [1.807, 2.05) is 30.6 Å². The lowest BCUT2D eigenvalue weighted by molar-refractivity contribution is 0.260. The molecule has 0 aliphatic carbocycles. The Bertz CT molecular complexity index is 859. The molecule has 25 heavy (non-hydrogen) atoms. The van der Waals surface area contributed by atoms with E-state index >= 15 is 0 Å². The minimum absolute atomic E-state index is 0.561. The molecule has 2 aromatic heterocycles. The molecule has 0 saturated carbocycles. The number of benzene rings is 1. The van der Waals surface area contributed by atoms with E-state index in [4.69, 9.17) is 11.6 Å². The molecule has 1 aliphatic heterocycles. The van der Waals surface area contributed by atoms with Crippen LogP contribution in [0.4, 0.5) is 5.82 Å². The third kappa shape index (κ3) is 3.91. The average molecular weight is 353 g/mol. The number of hydrogen-bond acceptors (Lipinski definition) is 4. The van der Waals surface area contributed by atoms with Gasteiger partial charge < -0.3 is 4.90 Å². The first-order chi connectivity index (χ1) is 12.3. The highest BCUT2D eigenvalue weighted by Crippen LogP contribution is 2.18. The molecular formula is C20H21ClN4. The monoisotopic (exact) mass is 352 g/mol. The molecule has 4 rings (SSSR count). The van der Waals surface area contributed by atoms with Crippen molar-refractivity contribution in [2.75, 3.05) is 37.6 Å². The molecular weight excluding hydrogens is 332 g/mol. The van der Waals surface area contributed by atoms with E-state index in [-0.39, 0.29) is 0 Å². The lowest BCUT2D eigenvalue weighted by Crippen LogP contribution is -2.47. The first-order valence-electron chi connectivity index (χ1n) is 8.70. The highest BCUT2D eigenvalue weighted by atomic mass is 35.5. The fourth-order valence-corrected chi connectivity index (χ4v) is 3.51. The second-order valence-corrected chi connectivity index (χ2v) is 6.84. The van der Waals surface area contributed by atoms with Crippen LogP contribution < -0.4 is 4.90 Å². The summed E-state index contributed by atoms with van der Waals surface area (Å²) in [6, 6.07) is 14.6. The molecule has 0 radical (unpaired) electrons. The second-order valence-electron chi connectivity index (χ2n) is 6.45. The summed E-state index contributed by atoms with van der Waals surface area (Å²) in [6.45, 7) is 5.19. The zero-order chi connectivity index (χ0) is 17.1. The van der Waals surface area contributed by atoms with Gasteiger partial charge in [-0.05, 0) is 41.6 Å². The highest BCUT2D eigenvalue weighted by molar-refractivity contribution is 6.29. The Morgan fingerprint density at radius 2 is 1.84 bits per heavy atom. The molecule has 3 aromatic rings. The number of halogens is 1. The van der Waals surface area contributed by atoms with Crippen LogP contribution in [0, 0.1) is 0 Å². The zero-order valence-corrected chi connectivity index (χ0v) is 14.9. The lowest BCUT2D eigenvalue weighted by Gasteiger charge is -2.35. The predicted molar refractivity (Wildman–Crippen MR) is 103 cm³/mol. The number of fused-ring (bicyclic) bond motifs is 1. The van der Waals surface area contributed by atoms with Crippen molar-refractivity contribution < 1.29 is 0 Å². The maximum atomic E-state index is 6.00. The summed E-state index contributed by atoms with van der Waals surface area (Å²) in [4.78, 5) is 13.5. The molecule has 0 spiro atoms. The smallest absolute Gasteiger partial charge is 0.131 e. The van der Waals surface area contributed by atoms with Crippen LogP contribution in [0.3, 0.4) is 0 Å². The Labute approximate surface area is 153 Å². The Morgan fingerprint density at radius 1 is 0.960 bits per heavy atom. The van der Waals surface area contributed by atoms with E-state index in [1.54, 1.807) is 0 Å². The Hall–Kier alpha value is -2.17. The van der Waals surface area contributed by atoms with Gasteiger partial charge in [-0.25, -0.2) is 4.98 Å². The number of anilines is 1. The molecule has 0 atom stereocenters. The van der Waals surface area contributed by atoms with Crippen molar-refractivity contribution in [1.29, 1.82) is 0 Å². The van der Waals surface area contributed by atoms with Crippen LogP contribution in [0.1, 0.15) is 5.56 Å². The number of rotatable bonds is 4. The summed E-state index contributed by atoms with van der Waals surface area (Å²) in [6.07, 6.45) is 4.85. The first-order valence-corrected chi connectivity index (χ1v) is 9.08. The third-order valence-electron chi connectivity index (χ3n) is 4.82. The minimum Gasteiger partial charge on any atom is -0.354 e. The second kappa shape index (κ2) is 7.38. The van der Waals surface area contributed by atoms with Crippen molar-refractivity contribution in [1.82, 2.24) is 14.9 Å². The number of piperazine rings is 1. The Morgan fingerprint density at radius 3 is 2.68 bits per heavy atom. The van der Waals surface area contributed by atoms with E-state index in [0.29, 0.717) is 5.15 Å². The Kier molecular flexibility index (Phi) is 4.81. The van der Waals surface area contributed by atoms with Gasteiger partial charge in [-0.3, -0.25) is 9.88 Å². The van der Waals surface area contributed by atoms with E-state index < -0.39 is 0 Å². The summed E-state index contributed by atoms with van der Waals surface area (Å²) >= 11 is 6.00. The van der Waals surface area contributed by atoms with Gasteiger partial charge in [-0.15, -0.1) is 0 Å². The van der Waals surface area contributed by atoms with E-state index in [1.165, 1.54) is 16.3 Å². The van der Waals surface area contributed by atoms with Crippen LogP contribution in [0.25, 0.3) is 10.8 Å². The average Bonchev–Trinajstić information content (AvgIpc) is 2.66. The van der Waals surface area contributed by atoms with Gasteiger partial charge in [-0.2, -0.15) is 0 Å². The number of aromatic nitrogens is 2. The van der Waals surface area contributed by atoms with Crippen LogP contribution in [0.5, 0.6) is 0 Å². The molecule has 128 valence electrons. The van der Waals surface area contributed by atoms with Gasteiger partial charge in [0.2, 0.25) is 0 Å². The molecule has 4 nitrogen and oxygen atoms in total. The molecule has 3 heterocycles. The van der Waals surface area contributed by atoms with Crippen molar-refractivity contribution in [3.63, 3.8) is 0 Å². The van der Waals surface area contributed by atoms with Gasteiger partial charge in [-0.1, -0.05) is 29.8 Å². The van der Waals surface area contributed by atoms with Crippen LogP contribution in [-0.4, -0.2) is 47.6 Å². The summed E-state index contributed by atoms with van der Waals surface area (Å²) in [5, 5.41) is 3.03. The summed E-state index contributed by atoms with van der Waals surface area (Å²) in [5.74, 6) is 0.981. The van der Waals surface area contributed by atoms with E-state index in [9.17, 15) is 0 Å². The quantitative estimate of drug-likeness (QED) is 0.671. The molecule has 5 heteroatoms. The topological polar surface area (TPSA) is 32.3 Å². The zero-order valence-electron chi connectivity index (χ0n) is 14.1. The van der Waals surface area contributed by atoms with Gasteiger partial charge in [0.25, 0.3) is 0 Å². The van der Waals surface area contributed by atoms with Crippen molar-refractivity contribution in [2.24, 2.45) is 0 Å². The number of hydrogen-bond donors (Lipinski definition) is 0. The van der Waals surface area contributed by atoms with Crippen molar-refractivity contribution in [3.05, 3.63) is 65.6 Å². The normalized spacial score (nSPS) is 15.6. The molecule has 1 aromatic carbocycles. The molecule has 1 aliphatic rings. The molecule has 0 bridgehead atoms. The van der Waals surface area contributed by atoms with Gasteiger partial charge in [0.1, 0.15) is 11.0 Å². The van der Waals surface area contributed by atoms with Crippen LogP contribution >= 0.6 is 11.6 Å². The summed E-state index contributed by atoms with van der Waals surface area (Å²) in [7, 11) is 0. The molecule has 0 N–H and O–H groups in total. The van der Waals surface area contributed by atoms with Crippen LogP contribution in [0.15, 0.2) is 54.9 Å². The standard InChI is InChI=1S/C20H21ClN4/c21-19-2-1-3-20(23-19)25-12-10-24(11-13-25)9-7-16-4-5-17-6-8-22-15-18(17)14-16/h1-6,8,14-15H,7,9-13H2. The molecule has 0 amide bonds. The van der Waals surface area contributed by atoms with Crippen molar-refractivity contribution >= 4 is 28.2 Å². The summed E-state index contributed by atoms with van der Waals surface area (Å²) in [5.41, 5.74) is 1.37. The minimum atomic E-state index is 0.561. The largest absolute Gasteiger partial charge is 0.354 e. The van der Waals surface area contributed by atoms with E-state index in [2.05, 4.69) is 44.0 Å². The summed E-state index contributed by atoms with van der Waals surface area (Å²) < 4.78 is 0. The van der Waals surface area contributed by atoms with E-state index in [0.717, 1.165) is 45.0 Å². The maximum absolute atomic E-state index is 6.00. The van der Waals surface area contributed by atoms with Crippen molar-refractivity contribution in [2.45, 2.75) is 6.42 Å². The van der Waals surface area contributed by atoms with Crippen LogP contribution in [0.2, 0.25) is 5.15 Å². The van der Waals surface area contributed by atoms with Crippen LogP contribution in [-0.2, 0) is 6.42 Å².